The first-order chi connectivity index (χ1) is 8.58. The Labute approximate surface area is 116 Å². The third kappa shape index (κ3) is 4.31. The Balaban J connectivity index is 2.83. The SMILES string of the molecule is CCNCc1cc(Br)ccc1OC(C)C(=O)OC. The molecule has 1 atom stereocenters. The second kappa shape index (κ2) is 7.38. The van der Waals surface area contributed by atoms with E-state index in [4.69, 9.17) is 4.74 Å². The fraction of sp³-hybridized carbons (Fsp3) is 0.462. The number of esters is 1. The predicted octanol–water partition coefficient (Wildman–Crippen LogP) is 2.50. The Kier molecular flexibility index (Phi) is 6.15. The first-order valence-corrected chi connectivity index (χ1v) is 6.61. The van der Waals surface area contributed by atoms with Crippen molar-refractivity contribution in [3.8, 4) is 5.75 Å². The van der Waals surface area contributed by atoms with Crippen LogP contribution in [0.15, 0.2) is 22.7 Å². The van der Waals surface area contributed by atoms with E-state index in [0.717, 1.165) is 16.6 Å². The molecule has 0 radical (unpaired) electrons. The van der Waals surface area contributed by atoms with Gasteiger partial charge >= 0.3 is 5.97 Å². The number of hydrogen-bond donors (Lipinski definition) is 1. The van der Waals surface area contributed by atoms with E-state index in [9.17, 15) is 4.79 Å². The van der Waals surface area contributed by atoms with Crippen LogP contribution in [0.25, 0.3) is 0 Å². The fourth-order valence-electron chi connectivity index (χ4n) is 1.47. The molecule has 0 fully saturated rings. The van der Waals surface area contributed by atoms with Crippen molar-refractivity contribution in [2.45, 2.75) is 26.5 Å². The van der Waals surface area contributed by atoms with Gasteiger partial charge in [0.15, 0.2) is 6.10 Å². The van der Waals surface area contributed by atoms with E-state index >= 15 is 0 Å². The second-order valence-corrected chi connectivity index (χ2v) is 4.73. The van der Waals surface area contributed by atoms with E-state index in [1.54, 1.807) is 6.92 Å². The Hall–Kier alpha value is -1.07. The van der Waals surface area contributed by atoms with Gasteiger partial charge in [-0.2, -0.15) is 0 Å². The summed E-state index contributed by atoms with van der Waals surface area (Å²) < 4.78 is 11.2. The Morgan fingerprint density at radius 3 is 2.83 bits per heavy atom. The van der Waals surface area contributed by atoms with Crippen LogP contribution >= 0.6 is 15.9 Å². The highest BCUT2D eigenvalue weighted by Crippen LogP contribution is 2.24. The van der Waals surface area contributed by atoms with Gasteiger partial charge in [-0.1, -0.05) is 22.9 Å². The monoisotopic (exact) mass is 315 g/mol. The van der Waals surface area contributed by atoms with Crippen LogP contribution in [0.5, 0.6) is 5.75 Å². The number of carbonyl (C=O) groups excluding carboxylic acids is 1. The van der Waals surface area contributed by atoms with Gasteiger partial charge in [-0.3, -0.25) is 0 Å². The summed E-state index contributed by atoms with van der Waals surface area (Å²) in [5.74, 6) is 0.310. The number of benzene rings is 1. The molecule has 0 aliphatic carbocycles. The molecule has 0 aliphatic rings. The number of ether oxygens (including phenoxy) is 2. The molecule has 0 saturated heterocycles. The molecule has 0 amide bonds. The van der Waals surface area contributed by atoms with Gasteiger partial charge in [0.25, 0.3) is 0 Å². The highest BCUT2D eigenvalue weighted by molar-refractivity contribution is 9.10. The molecular formula is C13H18BrNO3. The molecule has 0 heterocycles. The normalized spacial score (nSPS) is 12.0. The molecule has 0 saturated carbocycles. The van der Waals surface area contributed by atoms with Crippen LogP contribution in [0.1, 0.15) is 19.4 Å². The van der Waals surface area contributed by atoms with Crippen molar-refractivity contribution >= 4 is 21.9 Å². The molecule has 0 bridgehead atoms. The van der Waals surface area contributed by atoms with E-state index < -0.39 is 6.10 Å². The van der Waals surface area contributed by atoms with Crippen LogP contribution in [0.4, 0.5) is 0 Å². The van der Waals surface area contributed by atoms with Crippen molar-refractivity contribution < 1.29 is 14.3 Å². The average Bonchev–Trinajstić information content (AvgIpc) is 2.37. The molecule has 1 N–H and O–H groups in total. The van der Waals surface area contributed by atoms with Gasteiger partial charge in [0.1, 0.15) is 5.75 Å². The smallest absolute Gasteiger partial charge is 0.346 e. The maximum Gasteiger partial charge on any atom is 0.346 e. The molecule has 0 spiro atoms. The summed E-state index contributed by atoms with van der Waals surface area (Å²) in [6, 6.07) is 5.70. The molecule has 1 aromatic rings. The van der Waals surface area contributed by atoms with E-state index in [-0.39, 0.29) is 5.97 Å². The maximum atomic E-state index is 11.3. The van der Waals surface area contributed by atoms with Crippen molar-refractivity contribution in [3.63, 3.8) is 0 Å². The predicted molar refractivity (Wildman–Crippen MR) is 73.6 cm³/mol. The zero-order chi connectivity index (χ0) is 13.5. The summed E-state index contributed by atoms with van der Waals surface area (Å²) in [5.41, 5.74) is 1.00. The van der Waals surface area contributed by atoms with Gasteiger partial charge in [0, 0.05) is 16.6 Å². The van der Waals surface area contributed by atoms with E-state index in [1.165, 1.54) is 7.11 Å². The van der Waals surface area contributed by atoms with E-state index in [0.29, 0.717) is 12.3 Å². The van der Waals surface area contributed by atoms with Crippen LogP contribution in [0, 0.1) is 0 Å². The standard InChI is InChI=1S/C13H18BrNO3/c1-4-15-8-10-7-11(14)5-6-12(10)18-9(2)13(16)17-3/h5-7,9,15H,4,8H2,1-3H3. The highest BCUT2D eigenvalue weighted by Gasteiger charge is 2.16. The third-order valence-electron chi connectivity index (χ3n) is 2.42. The number of hydrogen-bond acceptors (Lipinski definition) is 4. The molecule has 18 heavy (non-hydrogen) atoms. The van der Waals surface area contributed by atoms with Gasteiger partial charge < -0.3 is 14.8 Å². The van der Waals surface area contributed by atoms with Gasteiger partial charge in [-0.15, -0.1) is 0 Å². The Bertz CT molecular complexity index is 409. The zero-order valence-corrected chi connectivity index (χ0v) is 12.4. The summed E-state index contributed by atoms with van der Waals surface area (Å²) >= 11 is 3.42. The molecule has 1 unspecified atom stereocenters. The lowest BCUT2D eigenvalue weighted by Gasteiger charge is -2.16. The lowest BCUT2D eigenvalue weighted by molar-refractivity contribution is -0.147. The Morgan fingerprint density at radius 1 is 1.50 bits per heavy atom. The van der Waals surface area contributed by atoms with Crippen molar-refractivity contribution in [1.29, 1.82) is 0 Å². The quantitative estimate of drug-likeness (QED) is 0.819. The summed E-state index contributed by atoms with van der Waals surface area (Å²) in [5, 5.41) is 3.23. The number of methoxy groups -OCH3 is 1. The summed E-state index contributed by atoms with van der Waals surface area (Å²) in [6.07, 6.45) is -0.614. The van der Waals surface area contributed by atoms with Crippen LogP contribution in [0.3, 0.4) is 0 Å². The topological polar surface area (TPSA) is 47.6 Å². The van der Waals surface area contributed by atoms with Crippen LogP contribution < -0.4 is 10.1 Å². The molecule has 0 aromatic heterocycles. The summed E-state index contributed by atoms with van der Waals surface area (Å²) in [4.78, 5) is 11.3. The molecule has 4 nitrogen and oxygen atoms in total. The molecule has 100 valence electrons. The molecule has 1 rings (SSSR count). The lowest BCUT2D eigenvalue weighted by Crippen LogP contribution is -2.25. The van der Waals surface area contributed by atoms with Crippen LogP contribution in [-0.4, -0.2) is 25.7 Å². The Morgan fingerprint density at radius 2 is 2.22 bits per heavy atom. The van der Waals surface area contributed by atoms with Crippen LogP contribution in [-0.2, 0) is 16.1 Å². The van der Waals surface area contributed by atoms with Crippen molar-refractivity contribution in [3.05, 3.63) is 28.2 Å². The van der Waals surface area contributed by atoms with Gasteiger partial charge in [0.05, 0.1) is 7.11 Å². The fourth-order valence-corrected chi connectivity index (χ4v) is 1.87. The third-order valence-corrected chi connectivity index (χ3v) is 2.92. The van der Waals surface area contributed by atoms with E-state index in [1.807, 2.05) is 25.1 Å². The lowest BCUT2D eigenvalue weighted by atomic mass is 10.2. The minimum Gasteiger partial charge on any atom is -0.479 e. The summed E-state index contributed by atoms with van der Waals surface area (Å²) in [7, 11) is 1.35. The average molecular weight is 316 g/mol. The van der Waals surface area contributed by atoms with Crippen LogP contribution in [0.2, 0.25) is 0 Å². The summed E-state index contributed by atoms with van der Waals surface area (Å²) in [6.45, 7) is 5.28. The number of nitrogens with one attached hydrogen (secondary N) is 1. The van der Waals surface area contributed by atoms with Crippen molar-refractivity contribution in [1.82, 2.24) is 5.32 Å². The minimum atomic E-state index is -0.614. The van der Waals surface area contributed by atoms with Gasteiger partial charge in [-0.05, 0) is 31.7 Å². The first-order valence-electron chi connectivity index (χ1n) is 5.82. The molecule has 0 aliphatic heterocycles. The number of rotatable bonds is 6. The van der Waals surface area contributed by atoms with Crippen molar-refractivity contribution in [2.24, 2.45) is 0 Å². The molecule has 5 heteroatoms. The minimum absolute atomic E-state index is 0.382. The van der Waals surface area contributed by atoms with Gasteiger partial charge in [-0.25, -0.2) is 4.79 Å². The first kappa shape index (κ1) is 15.0. The largest absolute Gasteiger partial charge is 0.479 e. The number of carbonyl (C=O) groups is 1. The van der Waals surface area contributed by atoms with Crippen molar-refractivity contribution in [2.75, 3.05) is 13.7 Å². The van der Waals surface area contributed by atoms with E-state index in [2.05, 4.69) is 26.0 Å². The zero-order valence-electron chi connectivity index (χ0n) is 10.8. The molecule has 1 aromatic carbocycles. The highest BCUT2D eigenvalue weighted by atomic mass is 79.9. The second-order valence-electron chi connectivity index (χ2n) is 3.82. The maximum absolute atomic E-state index is 11.3. The number of halogens is 1. The van der Waals surface area contributed by atoms with Gasteiger partial charge in [0.2, 0.25) is 0 Å². The molecular weight excluding hydrogens is 298 g/mol.